The summed E-state index contributed by atoms with van der Waals surface area (Å²) in [5, 5.41) is 12.4. The summed E-state index contributed by atoms with van der Waals surface area (Å²) >= 11 is 1.58. The number of hydrogen-bond acceptors (Lipinski definition) is 4. The minimum Gasteiger partial charge on any atom is -0.342 e. The third-order valence-corrected chi connectivity index (χ3v) is 6.12. The van der Waals surface area contributed by atoms with Crippen molar-refractivity contribution in [3.8, 4) is 5.69 Å². The van der Waals surface area contributed by atoms with Crippen LogP contribution in [-0.2, 0) is 5.75 Å². The molecule has 1 aromatic heterocycles. The number of nitrogens with zero attached hydrogens (tertiary/aromatic N) is 3. The van der Waals surface area contributed by atoms with Crippen molar-refractivity contribution in [1.29, 1.82) is 0 Å². The van der Waals surface area contributed by atoms with Crippen LogP contribution in [0.2, 0.25) is 0 Å². The summed E-state index contributed by atoms with van der Waals surface area (Å²) in [6, 6.07) is 23.4. The molecule has 0 aliphatic rings. The van der Waals surface area contributed by atoms with Crippen molar-refractivity contribution < 1.29 is 9.18 Å². The Kier molecular flexibility index (Phi) is 6.66. The summed E-state index contributed by atoms with van der Waals surface area (Å²) in [7, 11) is 0. The first-order valence-corrected chi connectivity index (χ1v) is 11.3. The van der Waals surface area contributed by atoms with Crippen LogP contribution in [0.15, 0.2) is 84.0 Å². The van der Waals surface area contributed by atoms with E-state index in [1.807, 2.05) is 54.0 Å². The Bertz CT molecular complexity index is 1230. The highest BCUT2D eigenvalue weighted by Gasteiger charge is 2.22. The van der Waals surface area contributed by atoms with Gasteiger partial charge in [0.1, 0.15) is 5.82 Å². The van der Waals surface area contributed by atoms with E-state index < -0.39 is 17.8 Å². The molecule has 1 atom stereocenters. The van der Waals surface area contributed by atoms with Gasteiger partial charge in [0, 0.05) is 11.4 Å². The van der Waals surface area contributed by atoms with E-state index in [1.54, 1.807) is 23.9 Å². The molecule has 3 aromatic carbocycles. The van der Waals surface area contributed by atoms with E-state index in [9.17, 15) is 9.18 Å². The van der Waals surface area contributed by atoms with Gasteiger partial charge in [0.15, 0.2) is 11.0 Å². The minimum atomic E-state index is -0.559. The highest BCUT2D eigenvalue weighted by molar-refractivity contribution is 7.98. The predicted molar refractivity (Wildman–Crippen MR) is 124 cm³/mol. The maximum Gasteiger partial charge on any atom is 0.254 e. The maximum atomic E-state index is 14.0. The van der Waals surface area contributed by atoms with Gasteiger partial charge >= 0.3 is 0 Å². The van der Waals surface area contributed by atoms with Gasteiger partial charge in [-0.25, -0.2) is 4.39 Å². The summed E-state index contributed by atoms with van der Waals surface area (Å²) in [5.41, 5.74) is 3.34. The molecule has 4 rings (SSSR count). The zero-order valence-electron chi connectivity index (χ0n) is 17.8. The number of benzene rings is 3. The molecule has 0 saturated heterocycles. The number of aromatic nitrogens is 3. The molecule has 0 aliphatic carbocycles. The van der Waals surface area contributed by atoms with Gasteiger partial charge in [-0.1, -0.05) is 66.4 Å². The quantitative estimate of drug-likeness (QED) is 0.381. The maximum absolute atomic E-state index is 14.0. The Hall–Kier alpha value is -3.45. The van der Waals surface area contributed by atoms with Gasteiger partial charge in [-0.05, 0) is 49.2 Å². The second-order valence-corrected chi connectivity index (χ2v) is 8.34. The Labute approximate surface area is 190 Å². The topological polar surface area (TPSA) is 59.8 Å². The standard InChI is InChI=1S/C25H23FN4OS/c1-17-10-6-7-11-19(17)16-32-25-29-28-23(30(25)20-12-4-3-5-13-20)18(2)27-24(31)21-14-8-9-15-22(21)26/h3-15,18H,16H2,1-2H3,(H,27,31)/t18-/m1/s1. The Morgan fingerprint density at radius 2 is 1.69 bits per heavy atom. The molecule has 1 amide bonds. The molecule has 1 heterocycles. The number of aryl methyl sites for hydroxylation is 1. The van der Waals surface area contributed by atoms with Crippen LogP contribution in [0, 0.1) is 12.7 Å². The van der Waals surface area contributed by atoms with Crippen LogP contribution >= 0.6 is 11.8 Å². The Morgan fingerprint density at radius 3 is 2.44 bits per heavy atom. The van der Waals surface area contributed by atoms with Crippen molar-refractivity contribution in [1.82, 2.24) is 20.1 Å². The Morgan fingerprint density at radius 1 is 1.00 bits per heavy atom. The Balaban J connectivity index is 1.62. The number of nitrogens with one attached hydrogen (secondary N) is 1. The number of hydrogen-bond donors (Lipinski definition) is 1. The van der Waals surface area contributed by atoms with Gasteiger partial charge in [0.2, 0.25) is 0 Å². The normalized spacial score (nSPS) is 11.8. The fourth-order valence-corrected chi connectivity index (χ4v) is 4.41. The van der Waals surface area contributed by atoms with Crippen molar-refractivity contribution in [3.05, 3.63) is 107 Å². The summed E-state index contributed by atoms with van der Waals surface area (Å²) in [6.45, 7) is 3.90. The molecule has 0 unspecified atom stereocenters. The van der Waals surface area contributed by atoms with Crippen LogP contribution in [-0.4, -0.2) is 20.7 Å². The number of carbonyl (C=O) groups is 1. The second-order valence-electron chi connectivity index (χ2n) is 7.40. The molecular formula is C25H23FN4OS. The van der Waals surface area contributed by atoms with Gasteiger partial charge in [0.25, 0.3) is 5.91 Å². The summed E-state index contributed by atoms with van der Waals surface area (Å²) < 4.78 is 16.0. The number of amides is 1. The molecule has 5 nitrogen and oxygen atoms in total. The lowest BCUT2D eigenvalue weighted by Crippen LogP contribution is -2.29. The molecule has 162 valence electrons. The fourth-order valence-electron chi connectivity index (χ4n) is 3.37. The number of para-hydroxylation sites is 1. The summed E-state index contributed by atoms with van der Waals surface area (Å²) in [4.78, 5) is 12.6. The first-order valence-electron chi connectivity index (χ1n) is 10.3. The molecule has 0 aliphatic heterocycles. The molecule has 32 heavy (non-hydrogen) atoms. The van der Waals surface area contributed by atoms with Crippen LogP contribution in [0.5, 0.6) is 0 Å². The lowest BCUT2D eigenvalue weighted by molar-refractivity contribution is 0.0934. The van der Waals surface area contributed by atoms with E-state index in [0.717, 1.165) is 16.6 Å². The van der Waals surface area contributed by atoms with Crippen molar-refractivity contribution in [2.24, 2.45) is 0 Å². The summed E-state index contributed by atoms with van der Waals surface area (Å²) in [5.74, 6) is 0.268. The van der Waals surface area contributed by atoms with Crippen LogP contribution < -0.4 is 5.32 Å². The number of carbonyl (C=O) groups excluding carboxylic acids is 1. The molecule has 0 saturated carbocycles. The van der Waals surface area contributed by atoms with Gasteiger partial charge in [-0.15, -0.1) is 10.2 Å². The average molecular weight is 447 g/mol. The highest BCUT2D eigenvalue weighted by Crippen LogP contribution is 2.28. The van der Waals surface area contributed by atoms with E-state index in [-0.39, 0.29) is 5.56 Å². The smallest absolute Gasteiger partial charge is 0.254 e. The monoisotopic (exact) mass is 446 g/mol. The molecule has 0 radical (unpaired) electrons. The SMILES string of the molecule is Cc1ccccc1CSc1nnc([C@@H](C)NC(=O)c2ccccc2F)n1-c1ccccc1. The van der Waals surface area contributed by atoms with Gasteiger partial charge in [-0.2, -0.15) is 0 Å². The van der Waals surface area contributed by atoms with Crippen molar-refractivity contribution >= 4 is 17.7 Å². The number of halogens is 1. The number of rotatable bonds is 7. The third kappa shape index (κ3) is 4.73. The van der Waals surface area contributed by atoms with E-state index in [2.05, 4.69) is 34.6 Å². The van der Waals surface area contributed by atoms with E-state index in [1.165, 1.54) is 23.3 Å². The lowest BCUT2D eigenvalue weighted by atomic mass is 10.1. The molecule has 4 aromatic rings. The van der Waals surface area contributed by atoms with Gasteiger partial charge in [0.05, 0.1) is 11.6 Å². The molecule has 0 fully saturated rings. The zero-order valence-corrected chi connectivity index (χ0v) is 18.6. The molecule has 1 N–H and O–H groups in total. The van der Waals surface area contributed by atoms with E-state index in [0.29, 0.717) is 5.82 Å². The van der Waals surface area contributed by atoms with Crippen LogP contribution in [0.25, 0.3) is 5.69 Å². The highest BCUT2D eigenvalue weighted by atomic mass is 32.2. The van der Waals surface area contributed by atoms with Crippen LogP contribution in [0.1, 0.15) is 40.3 Å². The lowest BCUT2D eigenvalue weighted by Gasteiger charge is -2.16. The third-order valence-electron chi connectivity index (χ3n) is 5.14. The predicted octanol–water partition coefficient (Wildman–Crippen LogP) is 5.50. The molecule has 7 heteroatoms. The van der Waals surface area contributed by atoms with Gasteiger partial charge < -0.3 is 5.32 Å². The fraction of sp³-hybridized carbons (Fsp3) is 0.160. The zero-order chi connectivity index (χ0) is 22.5. The van der Waals surface area contributed by atoms with E-state index in [4.69, 9.17) is 0 Å². The molecular weight excluding hydrogens is 423 g/mol. The summed E-state index contributed by atoms with van der Waals surface area (Å²) in [6.07, 6.45) is 0. The van der Waals surface area contributed by atoms with Crippen molar-refractivity contribution in [3.63, 3.8) is 0 Å². The molecule has 0 spiro atoms. The van der Waals surface area contributed by atoms with Crippen LogP contribution in [0.4, 0.5) is 4.39 Å². The second kappa shape index (κ2) is 9.78. The minimum absolute atomic E-state index is 0.000669. The average Bonchev–Trinajstić information content (AvgIpc) is 3.23. The van der Waals surface area contributed by atoms with Crippen molar-refractivity contribution in [2.75, 3.05) is 0 Å². The van der Waals surface area contributed by atoms with Crippen molar-refractivity contribution in [2.45, 2.75) is 30.8 Å². The van der Waals surface area contributed by atoms with Crippen LogP contribution in [0.3, 0.4) is 0 Å². The van der Waals surface area contributed by atoms with Gasteiger partial charge in [-0.3, -0.25) is 9.36 Å². The first-order chi connectivity index (χ1) is 15.5. The molecule has 0 bridgehead atoms. The largest absolute Gasteiger partial charge is 0.342 e. The number of thioether (sulfide) groups is 1. The first kappa shape index (κ1) is 21.8. The van der Waals surface area contributed by atoms with E-state index >= 15 is 0 Å².